The van der Waals surface area contributed by atoms with Gasteiger partial charge >= 0.3 is 0 Å². The van der Waals surface area contributed by atoms with E-state index in [0.717, 1.165) is 23.1 Å². The Kier molecular flexibility index (Phi) is 4.71. The molecular formula is C15H17N3O. The molecule has 2 aromatic rings. The number of benzene rings is 1. The van der Waals surface area contributed by atoms with Gasteiger partial charge in [-0.25, -0.2) is 4.98 Å². The summed E-state index contributed by atoms with van der Waals surface area (Å²) in [4.78, 5) is 6.58. The topological polar surface area (TPSA) is 49.1 Å². The van der Waals surface area contributed by atoms with Gasteiger partial charge in [-0.1, -0.05) is 24.3 Å². The predicted octanol–water partition coefficient (Wildman–Crippen LogP) is 2.60. The highest BCUT2D eigenvalue weighted by Gasteiger charge is 2.10. The smallest absolute Gasteiger partial charge is 0.136 e. The zero-order valence-electron chi connectivity index (χ0n) is 11.0. The number of rotatable bonds is 6. The van der Waals surface area contributed by atoms with Crippen LogP contribution in [0.1, 0.15) is 6.42 Å². The van der Waals surface area contributed by atoms with Crippen LogP contribution in [0.5, 0.6) is 0 Å². The Morgan fingerprint density at radius 2 is 2.11 bits per heavy atom. The van der Waals surface area contributed by atoms with E-state index in [2.05, 4.69) is 28.1 Å². The lowest BCUT2D eigenvalue weighted by Crippen LogP contribution is -2.29. The molecule has 2 rings (SSSR count). The highest BCUT2D eigenvalue weighted by atomic mass is 16.5. The minimum absolute atomic E-state index is 0.481. The summed E-state index contributed by atoms with van der Waals surface area (Å²) in [5.41, 5.74) is 0. The average molecular weight is 255 g/mol. The molecule has 0 amide bonds. The van der Waals surface area contributed by atoms with Gasteiger partial charge in [-0.2, -0.15) is 5.26 Å². The van der Waals surface area contributed by atoms with Crippen molar-refractivity contribution in [3.8, 4) is 6.07 Å². The molecule has 1 aromatic heterocycles. The zero-order chi connectivity index (χ0) is 13.5. The molecule has 0 N–H and O–H groups in total. The first-order chi connectivity index (χ1) is 9.36. The van der Waals surface area contributed by atoms with Gasteiger partial charge in [-0.15, -0.1) is 0 Å². The normalized spacial score (nSPS) is 10.3. The van der Waals surface area contributed by atoms with Gasteiger partial charge < -0.3 is 9.64 Å². The summed E-state index contributed by atoms with van der Waals surface area (Å²) in [5.74, 6) is 0.922. The van der Waals surface area contributed by atoms with Crippen molar-refractivity contribution < 1.29 is 4.74 Å². The first kappa shape index (κ1) is 13.3. The molecule has 0 saturated carbocycles. The van der Waals surface area contributed by atoms with Crippen molar-refractivity contribution in [3.05, 3.63) is 36.5 Å². The number of ether oxygens (including phenoxy) is 1. The second-order valence-corrected chi connectivity index (χ2v) is 4.24. The Balaban J connectivity index is 2.34. The first-order valence-corrected chi connectivity index (χ1v) is 6.31. The fourth-order valence-electron chi connectivity index (χ4n) is 2.07. The lowest BCUT2D eigenvalue weighted by molar-refractivity contribution is 0.205. The van der Waals surface area contributed by atoms with Crippen LogP contribution in [0.4, 0.5) is 5.82 Å². The third-order valence-electron chi connectivity index (χ3n) is 3.01. The summed E-state index contributed by atoms with van der Waals surface area (Å²) < 4.78 is 5.13. The average Bonchev–Trinajstić information content (AvgIpc) is 2.47. The molecule has 0 unspecified atom stereocenters. The number of nitriles is 1. The molecule has 0 spiro atoms. The van der Waals surface area contributed by atoms with Crippen LogP contribution < -0.4 is 4.90 Å². The maximum atomic E-state index is 8.77. The summed E-state index contributed by atoms with van der Waals surface area (Å²) in [7, 11) is 1.68. The molecule has 0 aliphatic carbocycles. The number of nitrogens with zero attached hydrogens (tertiary/aromatic N) is 3. The monoisotopic (exact) mass is 255 g/mol. The van der Waals surface area contributed by atoms with Gasteiger partial charge in [0.05, 0.1) is 19.1 Å². The van der Waals surface area contributed by atoms with Crippen LogP contribution in [0.3, 0.4) is 0 Å². The summed E-state index contributed by atoms with van der Waals surface area (Å²) >= 11 is 0. The van der Waals surface area contributed by atoms with Crippen molar-refractivity contribution in [3.63, 3.8) is 0 Å². The van der Waals surface area contributed by atoms with E-state index in [-0.39, 0.29) is 0 Å². The van der Waals surface area contributed by atoms with Crippen LogP contribution >= 0.6 is 0 Å². The predicted molar refractivity (Wildman–Crippen MR) is 76.1 cm³/mol. The van der Waals surface area contributed by atoms with Crippen LogP contribution in [0, 0.1) is 11.3 Å². The van der Waals surface area contributed by atoms with Gasteiger partial charge in [-0.05, 0) is 11.5 Å². The molecule has 0 radical (unpaired) electrons. The Morgan fingerprint density at radius 3 is 2.89 bits per heavy atom. The van der Waals surface area contributed by atoms with Crippen LogP contribution in [0.25, 0.3) is 10.8 Å². The maximum absolute atomic E-state index is 8.77. The van der Waals surface area contributed by atoms with Gasteiger partial charge in [0.2, 0.25) is 0 Å². The summed E-state index contributed by atoms with van der Waals surface area (Å²) in [6, 6.07) is 12.3. The van der Waals surface area contributed by atoms with E-state index >= 15 is 0 Å². The Bertz CT molecular complexity index is 572. The van der Waals surface area contributed by atoms with Crippen LogP contribution in [0.15, 0.2) is 36.5 Å². The van der Waals surface area contributed by atoms with Crippen molar-refractivity contribution in [2.24, 2.45) is 0 Å². The van der Waals surface area contributed by atoms with E-state index in [1.165, 1.54) is 0 Å². The Morgan fingerprint density at radius 1 is 1.26 bits per heavy atom. The van der Waals surface area contributed by atoms with E-state index in [1.807, 2.05) is 24.4 Å². The summed E-state index contributed by atoms with van der Waals surface area (Å²) in [6.07, 6.45) is 2.29. The molecule has 0 atom stereocenters. The van der Waals surface area contributed by atoms with Crippen molar-refractivity contribution in [2.45, 2.75) is 6.42 Å². The molecular weight excluding hydrogens is 238 g/mol. The van der Waals surface area contributed by atoms with Crippen molar-refractivity contribution in [1.82, 2.24) is 4.98 Å². The minimum atomic E-state index is 0.481. The molecule has 98 valence electrons. The molecule has 4 heteroatoms. The molecule has 0 aliphatic rings. The van der Waals surface area contributed by atoms with Crippen LogP contribution in [0.2, 0.25) is 0 Å². The van der Waals surface area contributed by atoms with Crippen molar-refractivity contribution in [1.29, 1.82) is 5.26 Å². The largest absolute Gasteiger partial charge is 0.383 e. The van der Waals surface area contributed by atoms with E-state index in [0.29, 0.717) is 19.6 Å². The van der Waals surface area contributed by atoms with Gasteiger partial charge in [0.25, 0.3) is 0 Å². The standard InChI is InChI=1S/C15H17N3O/c1-19-12-11-18(10-4-8-16)15-14-6-3-2-5-13(14)7-9-17-15/h2-3,5-7,9H,4,10-12H2,1H3. The van der Waals surface area contributed by atoms with Gasteiger partial charge in [0.15, 0.2) is 0 Å². The quantitative estimate of drug-likeness (QED) is 0.796. The van der Waals surface area contributed by atoms with Crippen molar-refractivity contribution in [2.75, 3.05) is 31.7 Å². The third kappa shape index (κ3) is 3.21. The lowest BCUT2D eigenvalue weighted by Gasteiger charge is -2.23. The Hall–Kier alpha value is -2.12. The second kappa shape index (κ2) is 6.72. The molecule has 0 aliphatic heterocycles. The molecule has 1 heterocycles. The third-order valence-corrected chi connectivity index (χ3v) is 3.01. The number of hydrogen-bond donors (Lipinski definition) is 0. The lowest BCUT2D eigenvalue weighted by atomic mass is 10.1. The van der Waals surface area contributed by atoms with E-state index in [1.54, 1.807) is 7.11 Å². The number of fused-ring (bicyclic) bond motifs is 1. The van der Waals surface area contributed by atoms with Crippen LogP contribution in [-0.2, 0) is 4.74 Å². The number of pyridine rings is 1. The van der Waals surface area contributed by atoms with Gasteiger partial charge in [0, 0.05) is 31.8 Å². The van der Waals surface area contributed by atoms with E-state index in [9.17, 15) is 0 Å². The van der Waals surface area contributed by atoms with Gasteiger partial charge in [0.1, 0.15) is 5.82 Å². The minimum Gasteiger partial charge on any atom is -0.383 e. The SMILES string of the molecule is COCCN(CCC#N)c1nccc2ccccc12. The van der Waals surface area contributed by atoms with E-state index in [4.69, 9.17) is 10.00 Å². The molecule has 0 fully saturated rings. The number of hydrogen-bond acceptors (Lipinski definition) is 4. The molecule has 0 bridgehead atoms. The number of aromatic nitrogens is 1. The molecule has 1 aromatic carbocycles. The highest BCUT2D eigenvalue weighted by Crippen LogP contribution is 2.24. The zero-order valence-corrected chi connectivity index (χ0v) is 11.0. The second-order valence-electron chi connectivity index (χ2n) is 4.24. The van der Waals surface area contributed by atoms with E-state index < -0.39 is 0 Å². The molecule has 19 heavy (non-hydrogen) atoms. The van der Waals surface area contributed by atoms with Crippen molar-refractivity contribution >= 4 is 16.6 Å². The number of methoxy groups -OCH3 is 1. The summed E-state index contributed by atoms with van der Waals surface area (Å²) in [6.45, 7) is 2.02. The highest BCUT2D eigenvalue weighted by molar-refractivity contribution is 5.92. The number of anilines is 1. The molecule has 4 nitrogen and oxygen atoms in total. The fourth-order valence-corrected chi connectivity index (χ4v) is 2.07. The fraction of sp³-hybridized carbons (Fsp3) is 0.333. The van der Waals surface area contributed by atoms with Gasteiger partial charge in [-0.3, -0.25) is 0 Å². The molecule has 0 saturated heterocycles. The first-order valence-electron chi connectivity index (χ1n) is 6.31. The van der Waals surface area contributed by atoms with Crippen LogP contribution in [-0.4, -0.2) is 31.8 Å². The summed E-state index contributed by atoms with van der Waals surface area (Å²) in [5, 5.41) is 11.0. The maximum Gasteiger partial charge on any atom is 0.136 e. The Labute approximate surface area is 113 Å².